The van der Waals surface area contributed by atoms with Gasteiger partial charge in [-0.05, 0) is 25.7 Å². The van der Waals surface area contributed by atoms with Crippen molar-refractivity contribution in [2.75, 3.05) is 13.2 Å². The van der Waals surface area contributed by atoms with Crippen molar-refractivity contribution >= 4 is 0 Å². The van der Waals surface area contributed by atoms with Gasteiger partial charge in [-0.25, -0.2) is 0 Å². The first-order valence-electron chi connectivity index (χ1n) is 9.01. The molecule has 0 fully saturated rings. The second-order valence-corrected chi connectivity index (χ2v) is 5.75. The van der Waals surface area contributed by atoms with E-state index in [-0.39, 0.29) is 0 Å². The lowest BCUT2D eigenvalue weighted by molar-refractivity contribution is 0.138. The van der Waals surface area contributed by atoms with E-state index in [0.717, 1.165) is 19.4 Å². The lowest BCUT2D eigenvalue weighted by Crippen LogP contribution is -1.95. The van der Waals surface area contributed by atoms with Crippen LogP contribution >= 0.6 is 0 Å². The minimum absolute atomic E-state index is 0.508. The molecule has 0 aliphatic carbocycles. The summed E-state index contributed by atoms with van der Waals surface area (Å²) < 4.78 is 5.32. The highest BCUT2D eigenvalue weighted by atomic mass is 16.5. The average Bonchev–Trinajstić information content (AvgIpc) is 2.50. The summed E-state index contributed by atoms with van der Waals surface area (Å²) in [6.07, 6.45) is 21.1. The van der Waals surface area contributed by atoms with E-state index in [0.29, 0.717) is 13.0 Å². The lowest BCUT2D eigenvalue weighted by Gasteiger charge is -2.01. The predicted molar refractivity (Wildman–Crippen MR) is 91.3 cm³/mol. The Bertz CT molecular complexity index is 255. The van der Waals surface area contributed by atoms with Crippen LogP contribution in [-0.4, -0.2) is 13.2 Å². The van der Waals surface area contributed by atoms with Crippen molar-refractivity contribution in [2.24, 2.45) is 0 Å². The van der Waals surface area contributed by atoms with E-state index in [1.54, 1.807) is 0 Å². The highest BCUT2D eigenvalue weighted by molar-refractivity contribution is 4.81. The monoisotopic (exact) mass is 293 g/mol. The van der Waals surface area contributed by atoms with Crippen molar-refractivity contribution in [3.8, 4) is 6.07 Å². The second kappa shape index (κ2) is 19.2. The van der Waals surface area contributed by atoms with Gasteiger partial charge in [0.05, 0.1) is 19.1 Å². The molecule has 0 saturated carbocycles. The van der Waals surface area contributed by atoms with E-state index in [9.17, 15) is 0 Å². The first kappa shape index (κ1) is 20.2. The van der Waals surface area contributed by atoms with Gasteiger partial charge < -0.3 is 4.74 Å². The normalized spacial score (nSPS) is 11.0. The summed E-state index contributed by atoms with van der Waals surface area (Å²) in [5.74, 6) is 0. The predicted octanol–water partition coefficient (Wildman–Crippen LogP) is 6.17. The number of nitriles is 1. The fraction of sp³-hybridized carbons (Fsp3) is 0.842. The summed E-state index contributed by atoms with van der Waals surface area (Å²) in [6, 6.07) is 2.08. The Labute approximate surface area is 132 Å². The van der Waals surface area contributed by atoms with Crippen LogP contribution in [0.4, 0.5) is 0 Å². The van der Waals surface area contributed by atoms with Gasteiger partial charge in [0.15, 0.2) is 0 Å². The summed E-state index contributed by atoms with van der Waals surface area (Å²) in [6.45, 7) is 3.64. The minimum Gasteiger partial charge on any atom is -0.380 e. The Morgan fingerprint density at radius 3 is 1.95 bits per heavy atom. The van der Waals surface area contributed by atoms with Gasteiger partial charge in [-0.3, -0.25) is 0 Å². The van der Waals surface area contributed by atoms with Gasteiger partial charge in [0.1, 0.15) is 0 Å². The second-order valence-electron chi connectivity index (χ2n) is 5.75. The molecule has 0 saturated heterocycles. The van der Waals surface area contributed by atoms with Gasteiger partial charge in [0.25, 0.3) is 0 Å². The van der Waals surface area contributed by atoms with Crippen molar-refractivity contribution in [3.63, 3.8) is 0 Å². The van der Waals surface area contributed by atoms with E-state index in [4.69, 9.17) is 10.00 Å². The molecule has 0 aliphatic heterocycles. The third-order valence-electron chi connectivity index (χ3n) is 3.66. The molecule has 0 atom stereocenters. The summed E-state index contributed by atoms with van der Waals surface area (Å²) in [5.41, 5.74) is 0. The Balaban J connectivity index is 3.04. The van der Waals surface area contributed by atoms with Crippen molar-refractivity contribution in [3.05, 3.63) is 12.2 Å². The standard InChI is InChI=1S/C19H35NO/c1-2-3-4-5-6-7-8-9-10-11-12-13-14-15-18-21-19-16-17-20/h12-13H,2-11,14-16,18-19H2,1H3/b13-12+. The number of hydrogen-bond donors (Lipinski definition) is 0. The number of allylic oxidation sites excluding steroid dienone is 2. The lowest BCUT2D eigenvalue weighted by atomic mass is 10.1. The number of unbranched alkanes of at least 4 members (excludes halogenated alkanes) is 10. The Hall–Kier alpha value is -0.810. The van der Waals surface area contributed by atoms with E-state index < -0.39 is 0 Å². The Morgan fingerprint density at radius 1 is 0.762 bits per heavy atom. The SMILES string of the molecule is CCCCCCCCCCC/C=C/CCCOCCC#N. The third kappa shape index (κ3) is 19.2. The van der Waals surface area contributed by atoms with Crippen LogP contribution in [0.25, 0.3) is 0 Å². The van der Waals surface area contributed by atoms with E-state index in [2.05, 4.69) is 25.1 Å². The molecule has 0 amide bonds. The Kier molecular flexibility index (Phi) is 18.4. The van der Waals surface area contributed by atoms with Crippen molar-refractivity contribution in [2.45, 2.75) is 90.4 Å². The van der Waals surface area contributed by atoms with Crippen molar-refractivity contribution in [1.29, 1.82) is 5.26 Å². The maximum atomic E-state index is 8.35. The molecule has 0 aromatic rings. The van der Waals surface area contributed by atoms with Gasteiger partial charge >= 0.3 is 0 Å². The molecule has 2 nitrogen and oxygen atoms in total. The zero-order chi connectivity index (χ0) is 15.4. The zero-order valence-electron chi connectivity index (χ0n) is 14.1. The molecule has 0 heterocycles. The van der Waals surface area contributed by atoms with Crippen molar-refractivity contribution in [1.82, 2.24) is 0 Å². The smallest absolute Gasteiger partial charge is 0.0645 e. The molecule has 0 aromatic carbocycles. The maximum Gasteiger partial charge on any atom is 0.0645 e. The summed E-state index contributed by atoms with van der Waals surface area (Å²) >= 11 is 0. The number of hydrogen-bond acceptors (Lipinski definition) is 2. The minimum atomic E-state index is 0.508. The molecule has 0 radical (unpaired) electrons. The molecule has 0 aromatic heterocycles. The molecule has 21 heavy (non-hydrogen) atoms. The molecular formula is C19H35NO. The molecular weight excluding hydrogens is 258 g/mol. The van der Waals surface area contributed by atoms with Gasteiger partial charge in [-0.2, -0.15) is 5.26 Å². The molecule has 122 valence electrons. The van der Waals surface area contributed by atoms with E-state index >= 15 is 0 Å². The highest BCUT2D eigenvalue weighted by Gasteiger charge is 1.91. The summed E-state index contributed by atoms with van der Waals surface area (Å²) in [7, 11) is 0. The topological polar surface area (TPSA) is 33.0 Å². The van der Waals surface area contributed by atoms with Crippen LogP contribution in [0.3, 0.4) is 0 Å². The summed E-state index contributed by atoms with van der Waals surface area (Å²) in [5, 5.41) is 8.35. The van der Waals surface area contributed by atoms with Crippen LogP contribution in [0.2, 0.25) is 0 Å². The van der Waals surface area contributed by atoms with Gasteiger partial charge in [-0.1, -0.05) is 70.4 Å². The van der Waals surface area contributed by atoms with Gasteiger partial charge in [-0.15, -0.1) is 0 Å². The summed E-state index contributed by atoms with van der Waals surface area (Å²) in [4.78, 5) is 0. The van der Waals surface area contributed by atoms with E-state index in [1.807, 2.05) is 0 Å². The van der Waals surface area contributed by atoms with E-state index in [1.165, 1.54) is 64.2 Å². The average molecular weight is 293 g/mol. The zero-order valence-corrected chi connectivity index (χ0v) is 14.1. The first-order valence-corrected chi connectivity index (χ1v) is 9.01. The largest absolute Gasteiger partial charge is 0.380 e. The number of rotatable bonds is 16. The molecule has 0 unspecified atom stereocenters. The van der Waals surface area contributed by atoms with Crippen LogP contribution in [0.5, 0.6) is 0 Å². The van der Waals surface area contributed by atoms with Crippen LogP contribution in [0.15, 0.2) is 12.2 Å². The quantitative estimate of drug-likeness (QED) is 0.252. The maximum absolute atomic E-state index is 8.35. The number of nitrogens with zero attached hydrogens (tertiary/aromatic N) is 1. The van der Waals surface area contributed by atoms with Crippen LogP contribution in [-0.2, 0) is 4.74 Å². The van der Waals surface area contributed by atoms with Gasteiger partial charge in [0.2, 0.25) is 0 Å². The molecule has 2 heteroatoms. The Morgan fingerprint density at radius 2 is 1.33 bits per heavy atom. The first-order chi connectivity index (χ1) is 10.4. The van der Waals surface area contributed by atoms with Crippen LogP contribution in [0, 0.1) is 11.3 Å². The highest BCUT2D eigenvalue weighted by Crippen LogP contribution is 2.10. The van der Waals surface area contributed by atoms with Crippen LogP contribution < -0.4 is 0 Å². The molecule has 0 rings (SSSR count). The molecule has 0 bridgehead atoms. The molecule has 0 aliphatic rings. The molecule has 0 N–H and O–H groups in total. The fourth-order valence-electron chi connectivity index (χ4n) is 2.33. The molecule has 0 spiro atoms. The third-order valence-corrected chi connectivity index (χ3v) is 3.66. The fourth-order valence-corrected chi connectivity index (χ4v) is 2.33. The van der Waals surface area contributed by atoms with Crippen molar-refractivity contribution < 1.29 is 4.74 Å². The van der Waals surface area contributed by atoms with Crippen LogP contribution in [0.1, 0.15) is 90.4 Å². The van der Waals surface area contributed by atoms with Gasteiger partial charge in [0, 0.05) is 6.61 Å². The number of ether oxygens (including phenoxy) is 1.